The average Bonchev–Trinajstić information content (AvgIpc) is 3.28. The van der Waals surface area contributed by atoms with Crippen LogP contribution in [0, 0.1) is 12.8 Å². The number of anilines is 1. The highest BCUT2D eigenvalue weighted by atomic mass is 16.7. The van der Waals surface area contributed by atoms with Gasteiger partial charge in [-0.15, -0.1) is 0 Å². The SMILES string of the molecule is COc1cc(-c2ccc(NOC(=O)C3CCC3)cc2COC2Cc3ccccc3C2)cc(OC)c1C. The van der Waals surface area contributed by atoms with Crippen LogP contribution in [0.25, 0.3) is 11.1 Å². The molecule has 0 atom stereocenters. The van der Waals surface area contributed by atoms with Crippen LogP contribution in [0.2, 0.25) is 0 Å². The van der Waals surface area contributed by atoms with Gasteiger partial charge in [-0.3, -0.25) is 0 Å². The van der Waals surface area contributed by atoms with Gasteiger partial charge >= 0.3 is 5.97 Å². The predicted molar refractivity (Wildman–Crippen MR) is 139 cm³/mol. The number of hydrogen-bond acceptors (Lipinski definition) is 6. The van der Waals surface area contributed by atoms with Crippen LogP contribution in [0.5, 0.6) is 11.5 Å². The molecule has 0 spiro atoms. The fraction of sp³-hybridized carbons (Fsp3) is 0.367. The summed E-state index contributed by atoms with van der Waals surface area (Å²) in [5, 5.41) is 0. The van der Waals surface area contributed by atoms with Crippen molar-refractivity contribution in [1.29, 1.82) is 0 Å². The molecule has 0 aliphatic heterocycles. The van der Waals surface area contributed by atoms with Gasteiger partial charge in [0.2, 0.25) is 0 Å². The zero-order valence-corrected chi connectivity index (χ0v) is 21.1. The van der Waals surface area contributed by atoms with Crippen LogP contribution in [-0.4, -0.2) is 26.3 Å². The first-order valence-corrected chi connectivity index (χ1v) is 12.6. The Balaban J connectivity index is 1.40. The second-order valence-electron chi connectivity index (χ2n) is 9.64. The lowest BCUT2D eigenvalue weighted by Crippen LogP contribution is -2.26. The summed E-state index contributed by atoms with van der Waals surface area (Å²) in [7, 11) is 3.33. The molecular weight excluding hydrogens is 454 g/mol. The van der Waals surface area contributed by atoms with Crippen molar-refractivity contribution in [2.75, 3.05) is 19.7 Å². The molecule has 5 rings (SSSR count). The smallest absolute Gasteiger partial charge is 0.335 e. The van der Waals surface area contributed by atoms with E-state index >= 15 is 0 Å². The second kappa shape index (κ2) is 10.6. The van der Waals surface area contributed by atoms with Crippen molar-refractivity contribution in [3.05, 3.63) is 76.9 Å². The number of methoxy groups -OCH3 is 2. The summed E-state index contributed by atoms with van der Waals surface area (Å²) in [6.45, 7) is 2.41. The van der Waals surface area contributed by atoms with E-state index in [1.165, 1.54) is 11.1 Å². The Labute approximate surface area is 212 Å². The summed E-state index contributed by atoms with van der Waals surface area (Å²) < 4.78 is 17.6. The van der Waals surface area contributed by atoms with Crippen LogP contribution in [0.4, 0.5) is 5.69 Å². The summed E-state index contributed by atoms with van der Waals surface area (Å²) in [4.78, 5) is 17.6. The topological polar surface area (TPSA) is 66.0 Å². The normalized spacial score (nSPS) is 15.2. The van der Waals surface area contributed by atoms with E-state index in [0.29, 0.717) is 12.3 Å². The summed E-state index contributed by atoms with van der Waals surface area (Å²) in [5.41, 5.74) is 10.2. The van der Waals surface area contributed by atoms with Crippen molar-refractivity contribution in [3.63, 3.8) is 0 Å². The molecule has 0 amide bonds. The third-order valence-corrected chi connectivity index (χ3v) is 7.36. The molecule has 6 nitrogen and oxygen atoms in total. The number of carbonyl (C=O) groups excluding carboxylic acids is 1. The maximum Gasteiger partial charge on any atom is 0.335 e. The van der Waals surface area contributed by atoms with E-state index < -0.39 is 0 Å². The van der Waals surface area contributed by atoms with Gasteiger partial charge in [-0.2, -0.15) is 0 Å². The molecule has 36 heavy (non-hydrogen) atoms. The molecule has 0 unspecified atom stereocenters. The molecule has 3 aromatic carbocycles. The van der Waals surface area contributed by atoms with Crippen molar-refractivity contribution < 1.29 is 23.8 Å². The molecule has 3 aromatic rings. The van der Waals surface area contributed by atoms with Crippen LogP contribution in [-0.2, 0) is 33.8 Å². The number of rotatable bonds is 9. The van der Waals surface area contributed by atoms with Gasteiger partial charge in [-0.05, 0) is 84.7 Å². The minimum absolute atomic E-state index is 0.0102. The van der Waals surface area contributed by atoms with Gasteiger partial charge in [-0.25, -0.2) is 10.3 Å². The van der Waals surface area contributed by atoms with Crippen molar-refractivity contribution in [2.24, 2.45) is 5.92 Å². The molecular formula is C30H33NO5. The highest BCUT2D eigenvalue weighted by Crippen LogP contribution is 2.37. The summed E-state index contributed by atoms with van der Waals surface area (Å²) >= 11 is 0. The van der Waals surface area contributed by atoms with E-state index in [-0.39, 0.29) is 18.0 Å². The first-order valence-electron chi connectivity index (χ1n) is 12.6. The average molecular weight is 488 g/mol. The number of benzene rings is 3. The Morgan fingerprint density at radius 2 is 1.61 bits per heavy atom. The van der Waals surface area contributed by atoms with E-state index in [1.54, 1.807) is 14.2 Å². The fourth-order valence-electron chi connectivity index (χ4n) is 4.98. The fourth-order valence-corrected chi connectivity index (χ4v) is 4.98. The maximum absolute atomic E-state index is 12.2. The molecule has 6 heteroatoms. The van der Waals surface area contributed by atoms with Crippen molar-refractivity contribution >= 4 is 11.7 Å². The predicted octanol–water partition coefficient (Wildman–Crippen LogP) is 6.03. The Kier molecular flexibility index (Phi) is 7.14. The van der Waals surface area contributed by atoms with Gasteiger partial charge in [0.15, 0.2) is 0 Å². The summed E-state index contributed by atoms with van der Waals surface area (Å²) in [6.07, 6.45) is 4.84. The third-order valence-electron chi connectivity index (χ3n) is 7.36. The molecule has 1 N–H and O–H groups in total. The molecule has 2 aliphatic carbocycles. The van der Waals surface area contributed by atoms with Crippen LogP contribution in [0.3, 0.4) is 0 Å². The molecule has 0 bridgehead atoms. The minimum atomic E-state index is -0.195. The number of ether oxygens (including phenoxy) is 3. The number of hydrogen-bond donors (Lipinski definition) is 1. The maximum atomic E-state index is 12.2. The van der Waals surface area contributed by atoms with Crippen molar-refractivity contribution in [2.45, 2.75) is 51.7 Å². The van der Waals surface area contributed by atoms with Gasteiger partial charge in [0.1, 0.15) is 11.5 Å². The Morgan fingerprint density at radius 1 is 0.944 bits per heavy atom. The lowest BCUT2D eigenvalue weighted by molar-refractivity contribution is -0.148. The molecule has 1 fully saturated rings. The van der Waals surface area contributed by atoms with Gasteiger partial charge < -0.3 is 19.0 Å². The molecule has 0 radical (unpaired) electrons. The highest BCUT2D eigenvalue weighted by molar-refractivity contribution is 5.76. The van der Waals surface area contributed by atoms with Crippen LogP contribution < -0.4 is 15.0 Å². The third kappa shape index (κ3) is 5.05. The molecule has 0 aromatic heterocycles. The van der Waals surface area contributed by atoms with E-state index in [0.717, 1.165) is 65.9 Å². The van der Waals surface area contributed by atoms with E-state index in [1.807, 2.05) is 37.3 Å². The van der Waals surface area contributed by atoms with E-state index in [2.05, 4.69) is 29.7 Å². The number of nitrogens with one attached hydrogen (secondary N) is 1. The Bertz CT molecular complexity index is 1200. The summed E-state index contributed by atoms with van der Waals surface area (Å²) in [5.74, 6) is 1.34. The van der Waals surface area contributed by atoms with Gasteiger partial charge in [0.05, 0.1) is 38.5 Å². The Hall–Kier alpha value is -3.51. The zero-order chi connectivity index (χ0) is 25.1. The van der Waals surface area contributed by atoms with E-state index in [4.69, 9.17) is 19.0 Å². The monoisotopic (exact) mass is 487 g/mol. The standard InChI is InChI=1S/C30H33NO5/c1-19-28(33-2)16-23(17-29(19)34-3)27-12-11-25(31-36-30(32)20-9-6-10-20)13-24(27)18-35-26-14-21-7-4-5-8-22(21)15-26/h4-5,7-8,11-13,16-17,20,26,31H,6,9-10,14-15,18H2,1-3H3. The zero-order valence-electron chi connectivity index (χ0n) is 21.1. The molecule has 0 heterocycles. The molecule has 188 valence electrons. The quantitative estimate of drug-likeness (QED) is 0.372. The van der Waals surface area contributed by atoms with E-state index in [9.17, 15) is 4.79 Å². The lowest BCUT2D eigenvalue weighted by Gasteiger charge is -2.23. The van der Waals surface area contributed by atoms with Gasteiger partial charge in [-0.1, -0.05) is 36.8 Å². The molecule has 1 saturated carbocycles. The molecule has 2 aliphatic rings. The summed E-state index contributed by atoms with van der Waals surface area (Å²) in [6, 6.07) is 18.5. The van der Waals surface area contributed by atoms with Crippen molar-refractivity contribution in [1.82, 2.24) is 0 Å². The van der Waals surface area contributed by atoms with Crippen LogP contribution >= 0.6 is 0 Å². The number of carbonyl (C=O) groups is 1. The van der Waals surface area contributed by atoms with Crippen LogP contribution in [0.1, 0.15) is 41.5 Å². The highest BCUT2D eigenvalue weighted by Gasteiger charge is 2.27. The molecule has 0 saturated heterocycles. The Morgan fingerprint density at radius 3 is 2.19 bits per heavy atom. The first kappa shape index (κ1) is 24.2. The largest absolute Gasteiger partial charge is 0.496 e. The minimum Gasteiger partial charge on any atom is -0.496 e. The van der Waals surface area contributed by atoms with Crippen molar-refractivity contribution in [3.8, 4) is 22.6 Å². The second-order valence-corrected chi connectivity index (χ2v) is 9.64. The lowest BCUT2D eigenvalue weighted by atomic mass is 9.86. The van der Waals surface area contributed by atoms with Gasteiger partial charge in [0.25, 0.3) is 0 Å². The van der Waals surface area contributed by atoms with Crippen LogP contribution in [0.15, 0.2) is 54.6 Å². The number of fused-ring (bicyclic) bond motifs is 1. The van der Waals surface area contributed by atoms with Gasteiger partial charge in [0, 0.05) is 5.56 Å². The first-order chi connectivity index (χ1) is 17.6.